The van der Waals surface area contributed by atoms with Gasteiger partial charge in [-0.05, 0) is 116 Å². The van der Waals surface area contributed by atoms with Gasteiger partial charge in [-0.2, -0.15) is 0 Å². The van der Waals surface area contributed by atoms with E-state index in [2.05, 4.69) is 63.3 Å². The molecule has 4 fully saturated rings. The number of fused-ring (bicyclic) bond motifs is 2. The Balaban J connectivity index is 0.779. The first-order valence-corrected chi connectivity index (χ1v) is 20.9. The largest absolute Gasteiger partial charge is 0.508 e. The van der Waals surface area contributed by atoms with Gasteiger partial charge in [0.2, 0.25) is 11.8 Å². The van der Waals surface area contributed by atoms with Gasteiger partial charge in [0.15, 0.2) is 0 Å². The summed E-state index contributed by atoms with van der Waals surface area (Å²) in [5, 5.41) is 12.7. The van der Waals surface area contributed by atoms with Gasteiger partial charge in [0.25, 0.3) is 5.91 Å². The maximum absolute atomic E-state index is 13.2. The lowest BCUT2D eigenvalue weighted by molar-refractivity contribution is -0.136. The van der Waals surface area contributed by atoms with Crippen LogP contribution < -0.4 is 15.1 Å². The van der Waals surface area contributed by atoms with Crippen molar-refractivity contribution in [2.45, 2.75) is 95.4 Å². The fourth-order valence-electron chi connectivity index (χ4n) is 10.6. The molecule has 5 heterocycles. The summed E-state index contributed by atoms with van der Waals surface area (Å²) in [6.07, 6.45) is 9.54. The van der Waals surface area contributed by atoms with Crippen LogP contribution in [0.2, 0.25) is 0 Å². The predicted molar refractivity (Wildman–Crippen MR) is 212 cm³/mol. The zero-order valence-electron chi connectivity index (χ0n) is 32.1. The second kappa shape index (κ2) is 15.3. The predicted octanol–water partition coefficient (Wildman–Crippen LogP) is 6.36. The molecular weight excluding hydrogens is 691 g/mol. The van der Waals surface area contributed by atoms with Gasteiger partial charge in [0, 0.05) is 81.6 Å². The van der Waals surface area contributed by atoms with Gasteiger partial charge in [0.05, 0.1) is 12.2 Å². The van der Waals surface area contributed by atoms with E-state index in [-0.39, 0.29) is 42.3 Å². The average Bonchev–Trinajstić information content (AvgIpc) is 3.53. The molecule has 6 aliphatic rings. The molecule has 4 atom stereocenters. The lowest BCUT2D eigenvalue weighted by Gasteiger charge is -2.43. The van der Waals surface area contributed by atoms with Crippen molar-refractivity contribution in [2.24, 2.45) is 11.8 Å². The molecule has 0 unspecified atom stereocenters. The van der Waals surface area contributed by atoms with Crippen molar-refractivity contribution in [3.63, 3.8) is 0 Å². The van der Waals surface area contributed by atoms with Crippen molar-refractivity contribution in [3.05, 3.63) is 88.5 Å². The van der Waals surface area contributed by atoms with Crippen LogP contribution in [0.15, 0.2) is 60.7 Å². The highest BCUT2D eigenvalue weighted by atomic mass is 16.5. The number of phenols is 1. The second-order valence-corrected chi connectivity index (χ2v) is 17.0. The molecule has 1 saturated carbocycles. The first kappa shape index (κ1) is 36.2. The summed E-state index contributed by atoms with van der Waals surface area (Å²) in [7, 11) is 0. The van der Waals surface area contributed by atoms with Crippen molar-refractivity contribution < 1.29 is 24.2 Å². The summed E-state index contributed by atoms with van der Waals surface area (Å²) in [4.78, 5) is 46.5. The van der Waals surface area contributed by atoms with E-state index >= 15 is 0 Å². The number of nitrogens with zero attached hydrogens (tertiary/aromatic N) is 4. The van der Waals surface area contributed by atoms with Gasteiger partial charge in [0.1, 0.15) is 11.8 Å². The molecule has 0 radical (unpaired) electrons. The topological polar surface area (TPSA) is 106 Å². The normalized spacial score (nSPS) is 26.9. The van der Waals surface area contributed by atoms with Crippen LogP contribution in [0.5, 0.6) is 5.75 Å². The number of phenolic OH excluding ortho intramolecular Hbond substituents is 1. The van der Waals surface area contributed by atoms with Crippen LogP contribution in [-0.2, 0) is 20.9 Å². The van der Waals surface area contributed by atoms with Gasteiger partial charge in [-0.25, -0.2) is 0 Å². The third-order valence-electron chi connectivity index (χ3n) is 13.6. The molecule has 10 nitrogen and oxygen atoms in total. The summed E-state index contributed by atoms with van der Waals surface area (Å²) in [6, 6.07) is 20.7. The Hall–Kier alpha value is -4.41. The number of rotatable bonds is 7. The number of benzene rings is 3. The van der Waals surface area contributed by atoms with Crippen LogP contribution in [0.3, 0.4) is 0 Å². The Kier molecular flexibility index (Phi) is 10.1. The molecule has 3 aromatic carbocycles. The number of imide groups is 1. The van der Waals surface area contributed by atoms with Gasteiger partial charge < -0.3 is 24.5 Å². The Morgan fingerprint density at radius 3 is 2.24 bits per heavy atom. The fourth-order valence-corrected chi connectivity index (χ4v) is 10.6. The molecule has 10 heteroatoms. The summed E-state index contributed by atoms with van der Waals surface area (Å²) in [5.41, 5.74) is 7.80. The molecule has 1 aliphatic carbocycles. The number of ether oxygens (including phenoxy) is 1. The molecule has 2 N–H and O–H groups in total. The number of aromatic hydroxyl groups is 1. The molecule has 0 spiro atoms. The Morgan fingerprint density at radius 2 is 1.49 bits per heavy atom. The third kappa shape index (κ3) is 7.24. The maximum atomic E-state index is 13.2. The minimum atomic E-state index is -0.585. The average molecular weight is 746 g/mol. The van der Waals surface area contributed by atoms with Gasteiger partial charge >= 0.3 is 0 Å². The highest BCUT2D eigenvalue weighted by Crippen LogP contribution is 2.48. The van der Waals surface area contributed by atoms with Crippen molar-refractivity contribution in [2.75, 3.05) is 55.6 Å². The number of carbonyl (C=O) groups is 3. The van der Waals surface area contributed by atoms with E-state index in [0.29, 0.717) is 36.1 Å². The number of nitrogens with one attached hydrogen (secondary N) is 1. The van der Waals surface area contributed by atoms with E-state index in [1.807, 2.05) is 24.3 Å². The summed E-state index contributed by atoms with van der Waals surface area (Å²) in [5.74, 6) is 0.988. The van der Waals surface area contributed by atoms with E-state index in [1.54, 1.807) is 4.90 Å². The van der Waals surface area contributed by atoms with E-state index in [0.717, 1.165) is 62.6 Å². The first-order valence-electron chi connectivity index (χ1n) is 20.9. The molecule has 55 heavy (non-hydrogen) atoms. The van der Waals surface area contributed by atoms with Crippen molar-refractivity contribution in [1.29, 1.82) is 0 Å². The van der Waals surface area contributed by atoms with Crippen LogP contribution in [0.1, 0.15) is 109 Å². The van der Waals surface area contributed by atoms with Crippen LogP contribution in [0.25, 0.3) is 0 Å². The SMILES string of the molecule is C[C@@H]1O[C@H](C2CCCCC2)[C@@H](c2ccc(N3CCC(CN4CCN(c5ccc6c(c5)CN([C@H]5CCC(=O)NC5=O)C6=O)CC4)CC3)cc2)c2ccc(O)cc21. The number of carbonyl (C=O) groups excluding carboxylic acids is 3. The highest BCUT2D eigenvalue weighted by Gasteiger charge is 2.41. The standard InChI is InChI=1S/C45H55N5O5/c1-29-39-26-36(51)12-14-38(39)42(43(55-29)32-5-3-2-4-6-32)31-7-9-34(10-8-31)48-19-17-30(18-20-48)27-47-21-23-49(24-22-47)35-11-13-37-33(25-35)28-50(45(37)54)40-15-16-41(52)46-44(40)53/h7-14,25-26,29-30,32,40,42-43,51H,2-6,15-24,27-28H2,1H3,(H,46,52,53)/t29-,40-,42-,43+/m0/s1. The quantitative estimate of drug-likeness (QED) is 0.269. The number of hydrogen-bond acceptors (Lipinski definition) is 8. The Labute approximate surface area is 324 Å². The number of piperidine rings is 2. The molecule has 5 aliphatic heterocycles. The fraction of sp³-hybridized carbons (Fsp3) is 0.533. The summed E-state index contributed by atoms with van der Waals surface area (Å²) in [6.45, 7) is 9.78. The molecule has 3 saturated heterocycles. The van der Waals surface area contributed by atoms with Gasteiger partial charge in [-0.15, -0.1) is 0 Å². The number of amides is 3. The lowest BCUT2D eigenvalue weighted by Crippen LogP contribution is -2.52. The Morgan fingerprint density at radius 1 is 0.764 bits per heavy atom. The van der Waals surface area contributed by atoms with Crippen molar-refractivity contribution in [3.8, 4) is 5.75 Å². The van der Waals surface area contributed by atoms with Crippen LogP contribution >= 0.6 is 0 Å². The van der Waals surface area contributed by atoms with E-state index in [9.17, 15) is 19.5 Å². The Bertz CT molecular complexity index is 1910. The molecule has 9 rings (SSSR count). The second-order valence-electron chi connectivity index (χ2n) is 17.0. The molecule has 0 bridgehead atoms. The lowest BCUT2D eigenvalue weighted by atomic mass is 9.72. The van der Waals surface area contributed by atoms with Crippen molar-refractivity contribution in [1.82, 2.24) is 15.1 Å². The molecule has 0 aromatic heterocycles. The van der Waals surface area contributed by atoms with Crippen LogP contribution in [0, 0.1) is 11.8 Å². The first-order chi connectivity index (χ1) is 26.8. The molecular formula is C45H55N5O5. The zero-order valence-corrected chi connectivity index (χ0v) is 32.1. The van der Waals surface area contributed by atoms with Gasteiger partial charge in [-0.3, -0.25) is 24.6 Å². The minimum Gasteiger partial charge on any atom is -0.508 e. The summed E-state index contributed by atoms with van der Waals surface area (Å²) < 4.78 is 6.81. The number of anilines is 2. The monoisotopic (exact) mass is 745 g/mol. The maximum Gasteiger partial charge on any atom is 0.255 e. The van der Waals surface area contributed by atoms with Gasteiger partial charge in [-0.1, -0.05) is 37.5 Å². The van der Waals surface area contributed by atoms with E-state index in [1.165, 1.54) is 61.8 Å². The molecule has 3 amide bonds. The van der Waals surface area contributed by atoms with Crippen LogP contribution in [-0.4, -0.2) is 90.6 Å². The third-order valence-corrected chi connectivity index (χ3v) is 13.6. The van der Waals surface area contributed by atoms with Crippen molar-refractivity contribution >= 4 is 29.1 Å². The zero-order chi connectivity index (χ0) is 37.6. The minimum absolute atomic E-state index is 0.0193. The number of hydrogen-bond donors (Lipinski definition) is 2. The smallest absolute Gasteiger partial charge is 0.255 e. The highest BCUT2D eigenvalue weighted by molar-refractivity contribution is 6.05. The summed E-state index contributed by atoms with van der Waals surface area (Å²) >= 11 is 0. The number of piperazine rings is 1. The van der Waals surface area contributed by atoms with E-state index < -0.39 is 6.04 Å². The molecule has 290 valence electrons. The van der Waals surface area contributed by atoms with E-state index in [4.69, 9.17) is 4.74 Å². The molecule has 3 aromatic rings. The van der Waals surface area contributed by atoms with Crippen LogP contribution in [0.4, 0.5) is 11.4 Å².